The third kappa shape index (κ3) is 7.19. The Kier molecular flexibility index (Phi) is 8.42. The molecule has 0 bridgehead atoms. The lowest BCUT2D eigenvalue weighted by atomic mass is 10.0. The molecule has 0 aliphatic carbocycles. The van der Waals surface area contributed by atoms with E-state index in [1.165, 1.54) is 24.3 Å². The van der Waals surface area contributed by atoms with Crippen molar-refractivity contribution in [3.05, 3.63) is 83.9 Å². The Morgan fingerprint density at radius 2 is 1.68 bits per heavy atom. The minimum atomic E-state index is -4.78. The molecule has 3 aromatic carbocycles. The number of rotatable bonds is 10. The number of halogens is 3. The topological polar surface area (TPSA) is 84.9 Å². The summed E-state index contributed by atoms with van der Waals surface area (Å²) < 4.78 is 46.9. The van der Waals surface area contributed by atoms with Crippen molar-refractivity contribution >= 4 is 17.5 Å². The first kappa shape index (κ1) is 26.9. The zero-order valence-electron chi connectivity index (χ0n) is 20.3. The summed E-state index contributed by atoms with van der Waals surface area (Å²) in [5, 5.41) is 2.98. The molecule has 0 saturated carbocycles. The molecule has 1 heterocycles. The second kappa shape index (κ2) is 11.9. The molecule has 0 unspecified atom stereocenters. The quantitative estimate of drug-likeness (QED) is 0.238. The minimum Gasteiger partial charge on any atom is -0.491 e. The number of carbonyl (C=O) groups is 3. The summed E-state index contributed by atoms with van der Waals surface area (Å²) in [5.74, 6) is -0.667. The highest BCUT2D eigenvalue weighted by Crippen LogP contribution is 2.31. The summed E-state index contributed by atoms with van der Waals surface area (Å²) >= 11 is 0. The van der Waals surface area contributed by atoms with E-state index in [4.69, 9.17) is 4.74 Å². The molecular formula is C28H25F3N2O5. The van der Waals surface area contributed by atoms with Gasteiger partial charge in [-0.25, -0.2) is 0 Å². The van der Waals surface area contributed by atoms with E-state index in [0.717, 1.165) is 0 Å². The van der Waals surface area contributed by atoms with E-state index >= 15 is 0 Å². The van der Waals surface area contributed by atoms with Gasteiger partial charge >= 0.3 is 6.36 Å². The van der Waals surface area contributed by atoms with Crippen molar-refractivity contribution in [3.63, 3.8) is 0 Å². The number of nitrogens with zero attached hydrogens (tertiary/aromatic N) is 1. The number of hydrogen-bond acceptors (Lipinski definition) is 6. The fourth-order valence-electron chi connectivity index (χ4n) is 4.01. The van der Waals surface area contributed by atoms with Gasteiger partial charge in [-0.05, 0) is 35.4 Å². The second-order valence-corrected chi connectivity index (χ2v) is 8.61. The predicted octanol–water partition coefficient (Wildman–Crippen LogP) is 4.52. The lowest BCUT2D eigenvalue weighted by Gasteiger charge is -2.20. The van der Waals surface area contributed by atoms with E-state index in [0.29, 0.717) is 47.6 Å². The van der Waals surface area contributed by atoms with Crippen LogP contribution < -0.4 is 14.8 Å². The third-order valence-corrected chi connectivity index (χ3v) is 5.87. The maximum absolute atomic E-state index is 13.2. The highest BCUT2D eigenvalue weighted by Gasteiger charge is 2.31. The van der Waals surface area contributed by atoms with E-state index < -0.39 is 6.36 Å². The number of carbonyl (C=O) groups excluding carboxylic acids is 3. The van der Waals surface area contributed by atoms with Crippen LogP contribution in [0.2, 0.25) is 0 Å². The van der Waals surface area contributed by atoms with E-state index in [1.54, 1.807) is 53.4 Å². The third-order valence-electron chi connectivity index (χ3n) is 5.87. The van der Waals surface area contributed by atoms with Crippen LogP contribution in [0, 0.1) is 0 Å². The number of ether oxygens (including phenoxy) is 2. The first-order valence-corrected chi connectivity index (χ1v) is 11.9. The molecule has 0 fully saturated rings. The van der Waals surface area contributed by atoms with Gasteiger partial charge in [-0.1, -0.05) is 48.5 Å². The number of hydrogen-bond donors (Lipinski definition) is 1. The van der Waals surface area contributed by atoms with Crippen molar-refractivity contribution in [3.8, 4) is 22.6 Å². The van der Waals surface area contributed by atoms with Crippen LogP contribution >= 0.6 is 0 Å². The Morgan fingerprint density at radius 1 is 0.974 bits per heavy atom. The van der Waals surface area contributed by atoms with Crippen molar-refractivity contribution in [2.24, 2.45) is 0 Å². The molecule has 0 saturated heterocycles. The van der Waals surface area contributed by atoms with Crippen molar-refractivity contribution in [2.75, 3.05) is 32.8 Å². The molecule has 1 N–H and O–H groups in total. The Balaban J connectivity index is 1.33. The number of Topliss-reactive ketones (excluding diaryl/α,β-unsaturated/α-hetero) is 2. The molecule has 7 nitrogen and oxygen atoms in total. The predicted molar refractivity (Wildman–Crippen MR) is 133 cm³/mol. The number of ketones is 2. The molecule has 0 atom stereocenters. The summed E-state index contributed by atoms with van der Waals surface area (Å²) in [6.07, 6.45) is -4.98. The fraction of sp³-hybridized carbons (Fsp3) is 0.250. The van der Waals surface area contributed by atoms with Gasteiger partial charge in [0, 0.05) is 18.7 Å². The maximum Gasteiger partial charge on any atom is 0.573 e. The lowest BCUT2D eigenvalue weighted by molar-refractivity contribution is -0.274. The molecule has 1 aliphatic heterocycles. The van der Waals surface area contributed by atoms with Crippen LogP contribution in [-0.4, -0.2) is 61.5 Å². The molecule has 10 heteroatoms. The summed E-state index contributed by atoms with van der Waals surface area (Å²) in [6.45, 7) is 1.29. The first-order chi connectivity index (χ1) is 18.2. The van der Waals surface area contributed by atoms with Gasteiger partial charge in [0.05, 0.1) is 25.1 Å². The monoisotopic (exact) mass is 526 g/mol. The zero-order valence-corrected chi connectivity index (χ0v) is 20.3. The first-order valence-electron chi connectivity index (χ1n) is 11.9. The average molecular weight is 527 g/mol. The lowest BCUT2D eigenvalue weighted by Crippen LogP contribution is -2.39. The molecule has 4 rings (SSSR count). The Bertz CT molecular complexity index is 1290. The number of alkyl halides is 3. The van der Waals surface area contributed by atoms with E-state index in [2.05, 4.69) is 10.1 Å². The summed E-state index contributed by atoms with van der Waals surface area (Å²) in [4.78, 5) is 39.2. The molecule has 0 spiro atoms. The SMILES string of the molecule is O=C(CNCCN1CCOc2ccc(-c3ccc(OC(F)(F)F)cc3)cc2C1=O)CC(=O)c1ccccc1. The van der Waals surface area contributed by atoms with Crippen LogP contribution in [0.5, 0.6) is 11.5 Å². The van der Waals surface area contributed by atoms with Gasteiger partial charge in [0.25, 0.3) is 5.91 Å². The van der Waals surface area contributed by atoms with Gasteiger partial charge in [0.1, 0.15) is 18.1 Å². The van der Waals surface area contributed by atoms with Crippen LogP contribution in [0.15, 0.2) is 72.8 Å². The van der Waals surface area contributed by atoms with Gasteiger partial charge in [0.2, 0.25) is 0 Å². The Hall–Kier alpha value is -4.18. The summed E-state index contributed by atoms with van der Waals surface area (Å²) in [5.41, 5.74) is 2.06. The highest BCUT2D eigenvalue weighted by molar-refractivity contribution is 6.08. The highest BCUT2D eigenvalue weighted by atomic mass is 19.4. The number of nitrogens with one attached hydrogen (secondary N) is 1. The number of amides is 1. The van der Waals surface area contributed by atoms with Crippen LogP contribution in [0.25, 0.3) is 11.1 Å². The summed E-state index contributed by atoms with van der Waals surface area (Å²) in [7, 11) is 0. The van der Waals surface area contributed by atoms with Crippen LogP contribution in [0.3, 0.4) is 0 Å². The second-order valence-electron chi connectivity index (χ2n) is 8.61. The van der Waals surface area contributed by atoms with Crippen LogP contribution in [0.1, 0.15) is 27.1 Å². The Morgan fingerprint density at radius 3 is 2.39 bits per heavy atom. The van der Waals surface area contributed by atoms with E-state index in [-0.39, 0.29) is 42.8 Å². The molecule has 3 aromatic rings. The molecule has 0 radical (unpaired) electrons. The van der Waals surface area contributed by atoms with Gasteiger partial charge in [-0.3, -0.25) is 14.4 Å². The van der Waals surface area contributed by atoms with Gasteiger partial charge < -0.3 is 19.7 Å². The molecule has 1 amide bonds. The molecule has 198 valence electrons. The molecule has 1 aliphatic rings. The Labute approximate surface area is 217 Å². The largest absolute Gasteiger partial charge is 0.573 e. The minimum absolute atomic E-state index is 0.00584. The maximum atomic E-state index is 13.2. The number of fused-ring (bicyclic) bond motifs is 1. The van der Waals surface area contributed by atoms with Crippen molar-refractivity contribution in [2.45, 2.75) is 12.8 Å². The van der Waals surface area contributed by atoms with Gasteiger partial charge in [-0.2, -0.15) is 0 Å². The molecule has 0 aromatic heterocycles. The van der Waals surface area contributed by atoms with Crippen LogP contribution in [-0.2, 0) is 4.79 Å². The summed E-state index contributed by atoms with van der Waals surface area (Å²) in [6, 6.07) is 19.0. The van der Waals surface area contributed by atoms with Crippen molar-refractivity contribution in [1.29, 1.82) is 0 Å². The normalized spacial score (nSPS) is 13.3. The molecular weight excluding hydrogens is 501 g/mol. The van der Waals surface area contributed by atoms with Gasteiger partial charge in [0.15, 0.2) is 11.6 Å². The van der Waals surface area contributed by atoms with Crippen molar-refractivity contribution < 1.29 is 37.0 Å². The standard InChI is InChI=1S/C28H25F3N2O5/c29-28(30,31)38-23-9-6-19(7-10-23)21-8-11-26-24(16-21)27(36)33(14-15-37-26)13-12-32-18-22(34)17-25(35)20-4-2-1-3-5-20/h1-11,16,32H,12-15,17-18H2. The van der Waals surface area contributed by atoms with Crippen LogP contribution in [0.4, 0.5) is 13.2 Å². The smallest absolute Gasteiger partial charge is 0.491 e. The number of benzene rings is 3. The fourth-order valence-corrected chi connectivity index (χ4v) is 4.01. The average Bonchev–Trinajstić information content (AvgIpc) is 3.05. The zero-order chi connectivity index (χ0) is 27.1. The van der Waals surface area contributed by atoms with Gasteiger partial charge in [-0.15, -0.1) is 13.2 Å². The molecule has 38 heavy (non-hydrogen) atoms. The van der Waals surface area contributed by atoms with E-state index in [9.17, 15) is 27.6 Å². The van der Waals surface area contributed by atoms with E-state index in [1.807, 2.05) is 0 Å². The van der Waals surface area contributed by atoms with Crippen molar-refractivity contribution in [1.82, 2.24) is 10.2 Å².